The van der Waals surface area contributed by atoms with E-state index >= 15 is 0 Å². The van der Waals surface area contributed by atoms with Crippen LogP contribution in [0.15, 0.2) is 11.6 Å². The number of hydrogen-bond donors (Lipinski definition) is 1. The normalized spacial score (nSPS) is 35.0. The van der Waals surface area contributed by atoms with Gasteiger partial charge in [0.2, 0.25) is 0 Å². The van der Waals surface area contributed by atoms with Crippen LogP contribution in [0.4, 0.5) is 0 Å². The molecule has 0 saturated heterocycles. The zero-order valence-electron chi connectivity index (χ0n) is 14.4. The van der Waals surface area contributed by atoms with Gasteiger partial charge in [0.25, 0.3) is 0 Å². The Morgan fingerprint density at radius 2 is 2.05 bits per heavy atom. The average Bonchev–Trinajstić information content (AvgIpc) is 3.01. The van der Waals surface area contributed by atoms with Gasteiger partial charge in [0, 0.05) is 0 Å². The first-order valence-electron chi connectivity index (χ1n) is 8.95. The molecule has 0 aromatic carbocycles. The number of allylic oxidation sites excluding steroid dienone is 2. The number of esters is 1. The van der Waals surface area contributed by atoms with Crippen LogP contribution in [0, 0.1) is 23.2 Å². The summed E-state index contributed by atoms with van der Waals surface area (Å²) in [4.78, 5) is 12.3. The number of rotatable bonds is 4. The van der Waals surface area contributed by atoms with Crippen LogP contribution >= 0.6 is 0 Å². The lowest BCUT2D eigenvalue weighted by molar-refractivity contribution is -0.162. The molecule has 2 saturated carbocycles. The largest absolute Gasteiger partial charge is 0.460 e. The number of carbonyl (C=O) groups is 1. The Bertz CT molecular complexity index is 470. The molecule has 2 N–H and O–H groups in total. The van der Waals surface area contributed by atoms with Crippen molar-refractivity contribution in [2.45, 2.75) is 71.3 Å². The van der Waals surface area contributed by atoms with Crippen molar-refractivity contribution in [1.82, 2.24) is 0 Å². The van der Waals surface area contributed by atoms with Crippen LogP contribution in [0.1, 0.15) is 65.7 Å². The van der Waals surface area contributed by atoms with Gasteiger partial charge in [-0.25, -0.2) is 0 Å². The molecule has 0 aliphatic heterocycles. The predicted octanol–water partition coefficient (Wildman–Crippen LogP) is 3.82. The molecule has 2 fully saturated rings. The van der Waals surface area contributed by atoms with Crippen molar-refractivity contribution >= 4 is 5.97 Å². The molecule has 0 unspecified atom stereocenters. The lowest BCUT2D eigenvalue weighted by Gasteiger charge is -2.51. The first-order chi connectivity index (χ1) is 10.3. The summed E-state index contributed by atoms with van der Waals surface area (Å²) in [5.41, 5.74) is 7.33. The van der Waals surface area contributed by atoms with Crippen molar-refractivity contribution in [2.24, 2.45) is 28.9 Å². The minimum atomic E-state index is -0.406. The minimum absolute atomic E-state index is 0.0344. The molecule has 0 aromatic rings. The second-order valence-electron chi connectivity index (χ2n) is 8.75. The molecular weight excluding hydrogens is 274 g/mol. The number of fused-ring (bicyclic) bond motifs is 1. The highest BCUT2D eigenvalue weighted by molar-refractivity contribution is 5.71. The Labute approximate surface area is 134 Å². The molecule has 3 heteroatoms. The van der Waals surface area contributed by atoms with E-state index in [0.717, 1.165) is 18.3 Å². The van der Waals surface area contributed by atoms with Crippen molar-refractivity contribution in [3.05, 3.63) is 11.6 Å². The summed E-state index contributed by atoms with van der Waals surface area (Å²) >= 11 is 0. The van der Waals surface area contributed by atoms with Gasteiger partial charge < -0.3 is 10.5 Å². The Kier molecular flexibility index (Phi) is 4.13. The third kappa shape index (κ3) is 2.97. The molecule has 0 bridgehead atoms. The van der Waals surface area contributed by atoms with Crippen LogP contribution in [-0.4, -0.2) is 18.1 Å². The fourth-order valence-corrected chi connectivity index (χ4v) is 4.98. The van der Waals surface area contributed by atoms with Crippen molar-refractivity contribution in [3.8, 4) is 0 Å². The highest BCUT2D eigenvalue weighted by Gasteiger charge is 2.55. The zero-order chi connectivity index (χ0) is 16.0. The number of nitrogens with two attached hydrogens (primary N) is 1. The van der Waals surface area contributed by atoms with Crippen LogP contribution in [0.5, 0.6) is 0 Å². The van der Waals surface area contributed by atoms with Gasteiger partial charge in [-0.15, -0.1) is 0 Å². The van der Waals surface area contributed by atoms with E-state index in [1.54, 1.807) is 5.57 Å². The maximum Gasteiger partial charge on any atom is 0.306 e. The van der Waals surface area contributed by atoms with Gasteiger partial charge in [-0.3, -0.25) is 4.79 Å². The molecule has 3 aliphatic rings. The minimum Gasteiger partial charge on any atom is -0.460 e. The van der Waals surface area contributed by atoms with Gasteiger partial charge in [-0.2, -0.15) is 0 Å². The van der Waals surface area contributed by atoms with Crippen molar-refractivity contribution in [1.29, 1.82) is 0 Å². The second-order valence-corrected chi connectivity index (χ2v) is 8.75. The van der Waals surface area contributed by atoms with Crippen molar-refractivity contribution in [2.75, 3.05) is 6.54 Å². The predicted molar refractivity (Wildman–Crippen MR) is 88.2 cm³/mol. The molecule has 0 aromatic heterocycles. The Balaban J connectivity index is 1.66. The fourth-order valence-electron chi connectivity index (χ4n) is 4.98. The summed E-state index contributed by atoms with van der Waals surface area (Å²) in [6, 6.07) is 0. The van der Waals surface area contributed by atoms with Gasteiger partial charge in [-0.1, -0.05) is 24.5 Å². The Hall–Kier alpha value is -0.830. The summed E-state index contributed by atoms with van der Waals surface area (Å²) in [6.07, 6.45) is 10.8. The molecule has 0 spiro atoms. The lowest BCUT2D eigenvalue weighted by atomic mass is 9.53. The molecule has 0 heterocycles. The first-order valence-corrected chi connectivity index (χ1v) is 8.95. The van der Waals surface area contributed by atoms with E-state index in [4.69, 9.17) is 10.5 Å². The highest BCUT2D eigenvalue weighted by atomic mass is 16.6. The van der Waals surface area contributed by atoms with E-state index in [1.165, 1.54) is 32.1 Å². The molecule has 3 rings (SSSR count). The summed E-state index contributed by atoms with van der Waals surface area (Å²) in [5, 5.41) is 0. The topological polar surface area (TPSA) is 52.3 Å². The summed E-state index contributed by atoms with van der Waals surface area (Å²) in [5.74, 6) is 1.99. The summed E-state index contributed by atoms with van der Waals surface area (Å²) < 4.78 is 5.53. The van der Waals surface area contributed by atoms with E-state index < -0.39 is 5.60 Å². The highest BCUT2D eigenvalue weighted by Crippen LogP contribution is 2.61. The number of hydrogen-bond acceptors (Lipinski definition) is 3. The third-order valence-corrected chi connectivity index (χ3v) is 5.98. The van der Waals surface area contributed by atoms with Crippen molar-refractivity contribution < 1.29 is 9.53 Å². The van der Waals surface area contributed by atoms with Crippen LogP contribution in [0.2, 0.25) is 0 Å². The molecule has 3 nitrogen and oxygen atoms in total. The molecule has 124 valence electrons. The second kappa shape index (κ2) is 5.67. The maximum atomic E-state index is 12.3. The molecule has 22 heavy (non-hydrogen) atoms. The number of ether oxygens (including phenoxy) is 1. The van der Waals surface area contributed by atoms with E-state index in [2.05, 4.69) is 6.08 Å². The molecular formula is C19H31NO2. The molecule has 0 amide bonds. The van der Waals surface area contributed by atoms with Gasteiger partial charge in [0.05, 0.1) is 6.42 Å². The summed E-state index contributed by atoms with van der Waals surface area (Å²) in [7, 11) is 0. The fraction of sp³-hybridized carbons (Fsp3) is 0.842. The SMILES string of the molecule is CC(C)(C)OC(=O)C[C@]1(CN)C[C@@H]2CC(C3CCCC3)=C[C@@H]21. The standard InChI is InChI=1S/C19H31NO2/c1-18(2,3)22-17(21)11-19(12-20)10-15-8-14(9-16(15)19)13-6-4-5-7-13/h9,13,15-16H,4-8,10-12,20H2,1-3H3/t15-,16-,19-/m0/s1. The van der Waals surface area contributed by atoms with Gasteiger partial charge in [0.1, 0.15) is 5.60 Å². The van der Waals surface area contributed by atoms with E-state index in [9.17, 15) is 4.79 Å². The van der Waals surface area contributed by atoms with Crippen molar-refractivity contribution in [3.63, 3.8) is 0 Å². The summed E-state index contributed by atoms with van der Waals surface area (Å²) in [6.45, 7) is 6.38. The first kappa shape index (κ1) is 16.0. The third-order valence-electron chi connectivity index (χ3n) is 5.98. The van der Waals surface area contributed by atoms with Crippen LogP contribution in [-0.2, 0) is 9.53 Å². The van der Waals surface area contributed by atoms with Crippen LogP contribution in [0.3, 0.4) is 0 Å². The molecule has 3 atom stereocenters. The quantitative estimate of drug-likeness (QED) is 0.634. The Morgan fingerprint density at radius 3 is 2.64 bits per heavy atom. The average molecular weight is 305 g/mol. The maximum absolute atomic E-state index is 12.3. The van der Waals surface area contributed by atoms with Gasteiger partial charge in [0.15, 0.2) is 0 Å². The zero-order valence-corrected chi connectivity index (χ0v) is 14.4. The number of carbonyl (C=O) groups excluding carboxylic acids is 1. The van der Waals surface area contributed by atoms with E-state index in [1.807, 2.05) is 20.8 Å². The van der Waals surface area contributed by atoms with Crippen LogP contribution < -0.4 is 5.73 Å². The lowest BCUT2D eigenvalue weighted by Crippen LogP contribution is -2.51. The molecule has 3 aliphatic carbocycles. The van der Waals surface area contributed by atoms with Gasteiger partial charge in [-0.05, 0) is 76.2 Å². The van der Waals surface area contributed by atoms with Gasteiger partial charge >= 0.3 is 5.97 Å². The van der Waals surface area contributed by atoms with E-state index in [-0.39, 0.29) is 11.4 Å². The Morgan fingerprint density at radius 1 is 1.36 bits per heavy atom. The smallest absolute Gasteiger partial charge is 0.306 e. The monoisotopic (exact) mass is 305 g/mol. The van der Waals surface area contributed by atoms with E-state index in [0.29, 0.717) is 18.9 Å². The van der Waals surface area contributed by atoms with Crippen LogP contribution in [0.25, 0.3) is 0 Å². The molecule has 0 radical (unpaired) electrons.